The molecule has 0 aliphatic rings. The molecule has 0 aliphatic heterocycles. The smallest absolute Gasteiger partial charge is 0.243 e. The van der Waals surface area contributed by atoms with Crippen LogP contribution >= 0.6 is 11.6 Å². The lowest BCUT2D eigenvalue weighted by Gasteiger charge is -2.18. The minimum absolute atomic E-state index is 0.217. The zero-order chi connectivity index (χ0) is 15.5. The quantitative estimate of drug-likeness (QED) is 0.919. The Kier molecular flexibility index (Phi) is 5.00. The Morgan fingerprint density at radius 3 is 2.52 bits per heavy atom. The third kappa shape index (κ3) is 3.63. The Labute approximate surface area is 130 Å². The summed E-state index contributed by atoms with van der Waals surface area (Å²) >= 11 is 6.07. The van der Waals surface area contributed by atoms with Crippen LogP contribution in [0.25, 0.3) is 0 Å². The van der Waals surface area contributed by atoms with E-state index in [0.29, 0.717) is 11.6 Å². The molecular formula is C15H17ClN2O2S. The van der Waals surface area contributed by atoms with E-state index in [1.165, 1.54) is 11.4 Å². The van der Waals surface area contributed by atoms with Crippen LogP contribution in [0.15, 0.2) is 53.4 Å². The first-order valence-electron chi connectivity index (χ1n) is 6.44. The van der Waals surface area contributed by atoms with E-state index in [0.717, 1.165) is 11.1 Å². The number of hydrogen-bond acceptors (Lipinski definition) is 3. The summed E-state index contributed by atoms with van der Waals surface area (Å²) in [5, 5.41) is 0.551. The molecule has 0 amide bonds. The molecule has 0 atom stereocenters. The van der Waals surface area contributed by atoms with Crippen LogP contribution in [0.5, 0.6) is 0 Å². The van der Waals surface area contributed by atoms with Gasteiger partial charge in [-0.3, -0.25) is 0 Å². The molecule has 0 saturated carbocycles. The first-order valence-corrected chi connectivity index (χ1v) is 8.25. The SMILES string of the molecule is CN(Cc1ccccc1Cl)S(=O)(=O)c1cccc(CN)c1. The number of rotatable bonds is 5. The predicted octanol–water partition coefficient (Wildman–Crippen LogP) is 2.62. The van der Waals surface area contributed by atoms with Gasteiger partial charge in [0.15, 0.2) is 0 Å². The van der Waals surface area contributed by atoms with Gasteiger partial charge in [0, 0.05) is 25.2 Å². The number of nitrogens with two attached hydrogens (primary N) is 1. The van der Waals surface area contributed by atoms with Crippen molar-refractivity contribution in [3.05, 3.63) is 64.7 Å². The molecule has 2 N–H and O–H groups in total. The molecule has 112 valence electrons. The molecule has 0 fully saturated rings. The lowest BCUT2D eigenvalue weighted by molar-refractivity contribution is 0.466. The number of benzene rings is 2. The van der Waals surface area contributed by atoms with Crippen LogP contribution in [0, 0.1) is 0 Å². The topological polar surface area (TPSA) is 63.4 Å². The Morgan fingerprint density at radius 1 is 1.14 bits per heavy atom. The van der Waals surface area contributed by atoms with Crippen LogP contribution in [0.2, 0.25) is 5.02 Å². The maximum atomic E-state index is 12.6. The first kappa shape index (κ1) is 16.0. The molecule has 6 heteroatoms. The molecule has 0 aliphatic carbocycles. The zero-order valence-electron chi connectivity index (χ0n) is 11.7. The molecular weight excluding hydrogens is 308 g/mol. The Balaban J connectivity index is 2.28. The van der Waals surface area contributed by atoms with Gasteiger partial charge < -0.3 is 5.73 Å². The molecule has 2 aromatic rings. The number of hydrogen-bond donors (Lipinski definition) is 1. The van der Waals surface area contributed by atoms with Crippen LogP contribution in [0.3, 0.4) is 0 Å². The highest BCUT2D eigenvalue weighted by Gasteiger charge is 2.21. The normalized spacial score (nSPS) is 11.8. The Bertz CT molecular complexity index is 732. The van der Waals surface area contributed by atoms with Crippen LogP contribution in [0.4, 0.5) is 0 Å². The van der Waals surface area contributed by atoms with E-state index in [1.54, 1.807) is 30.3 Å². The molecule has 0 heterocycles. The number of halogens is 1. The van der Waals surface area contributed by atoms with Crippen molar-refractivity contribution < 1.29 is 8.42 Å². The average molecular weight is 325 g/mol. The lowest BCUT2D eigenvalue weighted by Crippen LogP contribution is -2.26. The summed E-state index contributed by atoms with van der Waals surface area (Å²) in [4.78, 5) is 0.236. The fourth-order valence-electron chi connectivity index (χ4n) is 1.96. The molecule has 0 aromatic heterocycles. The highest BCUT2D eigenvalue weighted by Crippen LogP contribution is 2.21. The highest BCUT2D eigenvalue weighted by molar-refractivity contribution is 7.89. The van der Waals surface area contributed by atoms with E-state index >= 15 is 0 Å². The van der Waals surface area contributed by atoms with Gasteiger partial charge in [-0.2, -0.15) is 4.31 Å². The summed E-state index contributed by atoms with van der Waals surface area (Å²) in [6.07, 6.45) is 0. The summed E-state index contributed by atoms with van der Waals surface area (Å²) in [7, 11) is -2.03. The van der Waals surface area contributed by atoms with Gasteiger partial charge in [-0.15, -0.1) is 0 Å². The van der Waals surface area contributed by atoms with E-state index in [-0.39, 0.29) is 11.4 Å². The number of nitrogens with zero attached hydrogens (tertiary/aromatic N) is 1. The molecule has 0 unspecified atom stereocenters. The van der Waals surface area contributed by atoms with Gasteiger partial charge in [0.2, 0.25) is 10.0 Å². The second-order valence-corrected chi connectivity index (χ2v) is 7.16. The fourth-order valence-corrected chi connectivity index (χ4v) is 3.38. The van der Waals surface area contributed by atoms with E-state index in [2.05, 4.69) is 0 Å². The summed E-state index contributed by atoms with van der Waals surface area (Å²) in [6.45, 7) is 0.520. The van der Waals surface area contributed by atoms with Crippen molar-refractivity contribution in [1.29, 1.82) is 0 Å². The third-order valence-electron chi connectivity index (χ3n) is 3.19. The second kappa shape index (κ2) is 6.58. The van der Waals surface area contributed by atoms with E-state index in [1.807, 2.05) is 18.2 Å². The molecule has 0 saturated heterocycles. The molecule has 0 spiro atoms. The summed E-state index contributed by atoms with van der Waals surface area (Å²) in [5.74, 6) is 0. The van der Waals surface area contributed by atoms with Crippen LogP contribution in [-0.4, -0.2) is 19.8 Å². The maximum Gasteiger partial charge on any atom is 0.243 e. The van der Waals surface area contributed by atoms with E-state index < -0.39 is 10.0 Å². The van der Waals surface area contributed by atoms with Gasteiger partial charge in [-0.05, 0) is 29.3 Å². The van der Waals surface area contributed by atoms with Gasteiger partial charge in [-0.1, -0.05) is 41.9 Å². The van der Waals surface area contributed by atoms with Crippen molar-refractivity contribution >= 4 is 21.6 Å². The van der Waals surface area contributed by atoms with Crippen molar-refractivity contribution in [1.82, 2.24) is 4.31 Å². The zero-order valence-corrected chi connectivity index (χ0v) is 13.2. The third-order valence-corrected chi connectivity index (χ3v) is 5.36. The van der Waals surface area contributed by atoms with Crippen LogP contribution in [0.1, 0.15) is 11.1 Å². The second-order valence-electron chi connectivity index (χ2n) is 4.70. The van der Waals surface area contributed by atoms with Gasteiger partial charge >= 0.3 is 0 Å². The molecule has 2 rings (SSSR count). The van der Waals surface area contributed by atoms with Crippen molar-refractivity contribution in [3.63, 3.8) is 0 Å². The van der Waals surface area contributed by atoms with Crippen molar-refractivity contribution in [2.24, 2.45) is 5.73 Å². The average Bonchev–Trinajstić information content (AvgIpc) is 2.49. The summed E-state index contributed by atoms with van der Waals surface area (Å²) in [5.41, 5.74) is 7.10. The lowest BCUT2D eigenvalue weighted by atomic mass is 10.2. The molecule has 0 radical (unpaired) electrons. The largest absolute Gasteiger partial charge is 0.326 e. The molecule has 2 aromatic carbocycles. The van der Waals surface area contributed by atoms with Crippen molar-refractivity contribution in [2.75, 3.05) is 7.05 Å². The van der Waals surface area contributed by atoms with Gasteiger partial charge in [0.25, 0.3) is 0 Å². The van der Waals surface area contributed by atoms with Gasteiger partial charge in [0.05, 0.1) is 4.90 Å². The molecule has 4 nitrogen and oxygen atoms in total. The Morgan fingerprint density at radius 2 is 1.86 bits per heavy atom. The van der Waals surface area contributed by atoms with Crippen molar-refractivity contribution in [2.45, 2.75) is 18.0 Å². The first-order chi connectivity index (χ1) is 9.95. The predicted molar refractivity (Wildman–Crippen MR) is 84.4 cm³/mol. The summed E-state index contributed by atoms with van der Waals surface area (Å²) < 4.78 is 26.4. The molecule has 0 bridgehead atoms. The monoisotopic (exact) mass is 324 g/mol. The van der Waals surface area contributed by atoms with Crippen molar-refractivity contribution in [3.8, 4) is 0 Å². The minimum Gasteiger partial charge on any atom is -0.326 e. The highest BCUT2D eigenvalue weighted by atomic mass is 35.5. The van der Waals surface area contributed by atoms with E-state index in [4.69, 9.17) is 17.3 Å². The summed E-state index contributed by atoms with van der Waals surface area (Å²) in [6, 6.07) is 13.8. The number of sulfonamides is 1. The minimum atomic E-state index is -3.57. The fraction of sp³-hybridized carbons (Fsp3) is 0.200. The molecule has 21 heavy (non-hydrogen) atoms. The van der Waals surface area contributed by atoms with Crippen LogP contribution in [-0.2, 0) is 23.1 Å². The maximum absolute atomic E-state index is 12.6. The van der Waals surface area contributed by atoms with Gasteiger partial charge in [-0.25, -0.2) is 8.42 Å². The van der Waals surface area contributed by atoms with E-state index in [9.17, 15) is 8.42 Å². The Hall–Kier alpha value is -1.40. The van der Waals surface area contributed by atoms with Gasteiger partial charge in [0.1, 0.15) is 0 Å². The van der Waals surface area contributed by atoms with Crippen LogP contribution < -0.4 is 5.73 Å². The standard InChI is InChI=1S/C15H17ClN2O2S/c1-18(11-13-6-2-3-8-15(13)16)21(19,20)14-7-4-5-12(9-14)10-17/h2-9H,10-11,17H2,1H3.